The summed E-state index contributed by atoms with van der Waals surface area (Å²) >= 11 is 0. The zero-order valence-corrected chi connectivity index (χ0v) is 21.2. The van der Waals surface area contributed by atoms with Gasteiger partial charge in [0.2, 0.25) is 0 Å². The SMILES string of the molecule is CCCCC/C=C\C/C=C\CCCCCCCCNC(Cc1cccc2ccccc12)C(=O)O. The first-order chi connectivity index (χ1) is 16.7. The summed E-state index contributed by atoms with van der Waals surface area (Å²) in [5, 5.41) is 15.2. The van der Waals surface area contributed by atoms with Crippen molar-refractivity contribution in [3.8, 4) is 0 Å². The number of nitrogens with one attached hydrogen (secondary N) is 1. The van der Waals surface area contributed by atoms with Crippen LogP contribution in [0.1, 0.15) is 89.5 Å². The van der Waals surface area contributed by atoms with Crippen molar-refractivity contribution < 1.29 is 9.90 Å². The largest absolute Gasteiger partial charge is 0.480 e. The lowest BCUT2D eigenvalue weighted by Crippen LogP contribution is -2.39. The molecule has 0 aromatic heterocycles. The minimum absolute atomic E-state index is 0.513. The molecule has 34 heavy (non-hydrogen) atoms. The number of benzene rings is 2. The van der Waals surface area contributed by atoms with Crippen LogP contribution in [0.5, 0.6) is 0 Å². The maximum Gasteiger partial charge on any atom is 0.321 e. The van der Waals surface area contributed by atoms with E-state index in [1.807, 2.05) is 24.3 Å². The van der Waals surface area contributed by atoms with Crippen LogP contribution in [0.2, 0.25) is 0 Å². The van der Waals surface area contributed by atoms with E-state index in [2.05, 4.69) is 54.7 Å². The summed E-state index contributed by atoms with van der Waals surface area (Å²) in [6, 6.07) is 13.8. The van der Waals surface area contributed by atoms with Crippen molar-refractivity contribution in [2.24, 2.45) is 0 Å². The summed E-state index contributed by atoms with van der Waals surface area (Å²) in [7, 11) is 0. The summed E-state index contributed by atoms with van der Waals surface area (Å²) in [4.78, 5) is 11.8. The highest BCUT2D eigenvalue weighted by molar-refractivity contribution is 5.86. The van der Waals surface area contributed by atoms with Gasteiger partial charge in [0.1, 0.15) is 6.04 Å². The number of hydrogen-bond donors (Lipinski definition) is 2. The highest BCUT2D eigenvalue weighted by atomic mass is 16.4. The first-order valence-corrected chi connectivity index (χ1v) is 13.4. The Kier molecular flexibility index (Phi) is 14.7. The van der Waals surface area contributed by atoms with Crippen molar-refractivity contribution in [1.82, 2.24) is 5.32 Å². The van der Waals surface area contributed by atoms with Gasteiger partial charge in [0.15, 0.2) is 0 Å². The Morgan fingerprint density at radius 1 is 0.824 bits per heavy atom. The van der Waals surface area contributed by atoms with Crippen LogP contribution in [-0.4, -0.2) is 23.7 Å². The van der Waals surface area contributed by atoms with Gasteiger partial charge in [0.05, 0.1) is 0 Å². The third-order valence-electron chi connectivity index (χ3n) is 6.37. The molecule has 3 heteroatoms. The van der Waals surface area contributed by atoms with Crippen molar-refractivity contribution in [2.45, 2.75) is 96.4 Å². The van der Waals surface area contributed by atoms with Gasteiger partial charge in [-0.05, 0) is 67.8 Å². The van der Waals surface area contributed by atoms with Gasteiger partial charge in [-0.1, -0.05) is 112 Å². The molecular weight excluding hydrogens is 418 g/mol. The average Bonchev–Trinajstić information content (AvgIpc) is 2.85. The molecule has 2 rings (SSSR count). The zero-order valence-electron chi connectivity index (χ0n) is 21.2. The normalized spacial score (nSPS) is 12.7. The van der Waals surface area contributed by atoms with Crippen molar-refractivity contribution >= 4 is 16.7 Å². The second-order valence-electron chi connectivity index (χ2n) is 9.27. The molecule has 0 spiro atoms. The number of rotatable bonds is 19. The Labute approximate surface area is 207 Å². The Morgan fingerprint density at radius 2 is 1.47 bits per heavy atom. The van der Waals surface area contributed by atoms with Crippen LogP contribution in [0.4, 0.5) is 0 Å². The van der Waals surface area contributed by atoms with E-state index in [4.69, 9.17) is 0 Å². The molecule has 2 N–H and O–H groups in total. The number of carboxylic acid groups (broad SMARTS) is 1. The van der Waals surface area contributed by atoms with Crippen LogP contribution in [0.25, 0.3) is 10.8 Å². The lowest BCUT2D eigenvalue weighted by atomic mass is 9.98. The third-order valence-corrected chi connectivity index (χ3v) is 6.37. The molecule has 0 aliphatic rings. The predicted octanol–water partition coefficient (Wildman–Crippen LogP) is 8.24. The number of aliphatic carboxylic acids is 1. The molecule has 3 nitrogen and oxygen atoms in total. The van der Waals surface area contributed by atoms with Gasteiger partial charge in [0.25, 0.3) is 0 Å². The zero-order chi connectivity index (χ0) is 24.3. The smallest absolute Gasteiger partial charge is 0.321 e. The molecule has 0 heterocycles. The Balaban J connectivity index is 1.51. The monoisotopic (exact) mass is 463 g/mol. The van der Waals surface area contributed by atoms with E-state index < -0.39 is 12.0 Å². The second kappa shape index (κ2) is 18.0. The second-order valence-corrected chi connectivity index (χ2v) is 9.27. The molecule has 0 aliphatic carbocycles. The number of carbonyl (C=O) groups is 1. The quantitative estimate of drug-likeness (QED) is 0.163. The van der Waals surface area contributed by atoms with Gasteiger partial charge in [-0.3, -0.25) is 4.79 Å². The first-order valence-electron chi connectivity index (χ1n) is 13.4. The van der Waals surface area contributed by atoms with E-state index in [-0.39, 0.29) is 0 Å². The summed E-state index contributed by atoms with van der Waals surface area (Å²) in [5.41, 5.74) is 1.09. The van der Waals surface area contributed by atoms with Gasteiger partial charge in [-0.2, -0.15) is 0 Å². The molecule has 186 valence electrons. The molecule has 2 aromatic carbocycles. The molecule has 0 amide bonds. The minimum atomic E-state index is -0.770. The van der Waals surface area contributed by atoms with Crippen LogP contribution < -0.4 is 5.32 Å². The van der Waals surface area contributed by atoms with Gasteiger partial charge in [-0.25, -0.2) is 0 Å². The van der Waals surface area contributed by atoms with E-state index in [0.717, 1.165) is 42.1 Å². The molecule has 2 aromatic rings. The van der Waals surface area contributed by atoms with Crippen molar-refractivity contribution in [3.05, 3.63) is 72.3 Å². The standard InChI is InChI=1S/C31H45NO2/c1-2-3-4-5-6-7-8-9-10-11-12-13-14-15-16-19-25-32-30(31(33)34)26-28-23-20-22-27-21-17-18-24-29(27)28/h6-7,9-10,17-18,20-24,30,32H,2-5,8,11-16,19,25-26H2,1H3,(H,33,34)/b7-6-,10-9-. The predicted molar refractivity (Wildman–Crippen MR) is 146 cm³/mol. The molecule has 0 aliphatic heterocycles. The van der Waals surface area contributed by atoms with E-state index in [1.165, 1.54) is 57.8 Å². The molecule has 1 unspecified atom stereocenters. The average molecular weight is 464 g/mol. The molecule has 0 bridgehead atoms. The molecule has 0 fully saturated rings. The maximum atomic E-state index is 11.8. The topological polar surface area (TPSA) is 49.3 Å². The number of allylic oxidation sites excluding steroid dienone is 4. The van der Waals surface area contributed by atoms with E-state index in [0.29, 0.717) is 6.42 Å². The lowest BCUT2D eigenvalue weighted by molar-refractivity contribution is -0.139. The number of carboxylic acids is 1. The van der Waals surface area contributed by atoms with Gasteiger partial charge in [-0.15, -0.1) is 0 Å². The van der Waals surface area contributed by atoms with Gasteiger partial charge < -0.3 is 10.4 Å². The third kappa shape index (κ3) is 11.7. The fourth-order valence-corrected chi connectivity index (χ4v) is 4.33. The Bertz CT molecular complexity index is 865. The van der Waals surface area contributed by atoms with Gasteiger partial charge >= 0.3 is 5.97 Å². The molecule has 0 saturated carbocycles. The van der Waals surface area contributed by atoms with Crippen LogP contribution >= 0.6 is 0 Å². The lowest BCUT2D eigenvalue weighted by Gasteiger charge is -2.16. The summed E-state index contributed by atoms with van der Waals surface area (Å²) in [6.07, 6.45) is 24.4. The Morgan fingerprint density at radius 3 is 2.21 bits per heavy atom. The van der Waals surface area contributed by atoms with Crippen molar-refractivity contribution in [3.63, 3.8) is 0 Å². The van der Waals surface area contributed by atoms with E-state index >= 15 is 0 Å². The fourth-order valence-electron chi connectivity index (χ4n) is 4.33. The summed E-state index contributed by atoms with van der Waals surface area (Å²) in [5.74, 6) is -0.770. The number of fused-ring (bicyclic) bond motifs is 1. The number of unbranched alkanes of at least 4 members (excludes halogenated alkanes) is 9. The van der Waals surface area contributed by atoms with E-state index in [9.17, 15) is 9.90 Å². The molecule has 0 saturated heterocycles. The van der Waals surface area contributed by atoms with Crippen molar-refractivity contribution in [1.29, 1.82) is 0 Å². The highest BCUT2D eigenvalue weighted by Gasteiger charge is 2.18. The van der Waals surface area contributed by atoms with Crippen molar-refractivity contribution in [2.75, 3.05) is 6.54 Å². The Hall–Kier alpha value is -2.39. The summed E-state index contributed by atoms with van der Waals surface area (Å²) in [6.45, 7) is 3.01. The van der Waals surface area contributed by atoms with Crippen LogP contribution in [0.3, 0.4) is 0 Å². The molecule has 1 atom stereocenters. The molecule has 0 radical (unpaired) electrons. The minimum Gasteiger partial charge on any atom is -0.480 e. The van der Waals surface area contributed by atoms with Crippen LogP contribution in [0, 0.1) is 0 Å². The maximum absolute atomic E-state index is 11.8. The highest BCUT2D eigenvalue weighted by Crippen LogP contribution is 2.20. The van der Waals surface area contributed by atoms with E-state index in [1.54, 1.807) is 0 Å². The molecular formula is C31H45NO2. The fraction of sp³-hybridized carbons (Fsp3) is 0.516. The first kappa shape index (κ1) is 27.9. The van der Waals surface area contributed by atoms with Gasteiger partial charge in [0, 0.05) is 0 Å². The van der Waals surface area contributed by atoms with Crippen LogP contribution in [-0.2, 0) is 11.2 Å². The number of hydrogen-bond acceptors (Lipinski definition) is 2. The summed E-state index contributed by atoms with van der Waals surface area (Å²) < 4.78 is 0. The van der Waals surface area contributed by atoms with Crippen LogP contribution in [0.15, 0.2) is 66.8 Å².